The van der Waals surface area contributed by atoms with E-state index in [-0.39, 0.29) is 5.91 Å². The molecule has 1 amide bonds. The highest BCUT2D eigenvalue weighted by molar-refractivity contribution is 7.07. The first kappa shape index (κ1) is 11.7. The second kappa shape index (κ2) is 5.01. The SMILES string of the molecule is Cc1cccc(C(=O)NCc2ccsc2)c1N. The molecule has 0 spiro atoms. The topological polar surface area (TPSA) is 55.1 Å². The standard InChI is InChI=1S/C13H14N2OS/c1-9-3-2-4-11(12(9)14)13(16)15-7-10-5-6-17-8-10/h2-6,8H,7,14H2,1H3,(H,15,16). The zero-order chi connectivity index (χ0) is 12.3. The van der Waals surface area contributed by atoms with Crippen LogP contribution in [-0.2, 0) is 6.54 Å². The Labute approximate surface area is 104 Å². The molecule has 4 heteroatoms. The summed E-state index contributed by atoms with van der Waals surface area (Å²) < 4.78 is 0. The van der Waals surface area contributed by atoms with E-state index in [4.69, 9.17) is 5.73 Å². The number of benzene rings is 1. The van der Waals surface area contributed by atoms with E-state index in [1.807, 2.05) is 35.9 Å². The van der Waals surface area contributed by atoms with Crippen LogP contribution in [0.2, 0.25) is 0 Å². The van der Waals surface area contributed by atoms with Gasteiger partial charge in [-0.15, -0.1) is 0 Å². The molecular weight excluding hydrogens is 232 g/mol. The van der Waals surface area contributed by atoms with E-state index in [0.717, 1.165) is 11.1 Å². The Bertz CT molecular complexity index is 520. The zero-order valence-corrected chi connectivity index (χ0v) is 10.4. The van der Waals surface area contributed by atoms with E-state index >= 15 is 0 Å². The molecule has 0 aliphatic heterocycles. The van der Waals surface area contributed by atoms with Crippen molar-refractivity contribution in [3.8, 4) is 0 Å². The van der Waals surface area contributed by atoms with Crippen molar-refractivity contribution < 1.29 is 4.79 Å². The predicted octanol–water partition coefficient (Wildman–Crippen LogP) is 2.57. The van der Waals surface area contributed by atoms with Crippen molar-refractivity contribution in [1.82, 2.24) is 5.32 Å². The molecule has 0 aliphatic carbocycles. The minimum absolute atomic E-state index is 0.127. The van der Waals surface area contributed by atoms with Gasteiger partial charge in [-0.05, 0) is 40.9 Å². The zero-order valence-electron chi connectivity index (χ0n) is 9.57. The van der Waals surface area contributed by atoms with Crippen LogP contribution in [0.15, 0.2) is 35.0 Å². The molecule has 1 aromatic heterocycles. The average molecular weight is 246 g/mol. The molecule has 1 aromatic carbocycles. The maximum Gasteiger partial charge on any atom is 0.253 e. The summed E-state index contributed by atoms with van der Waals surface area (Å²) in [6.07, 6.45) is 0. The summed E-state index contributed by atoms with van der Waals surface area (Å²) in [6, 6.07) is 7.46. The van der Waals surface area contributed by atoms with E-state index < -0.39 is 0 Å². The molecule has 2 aromatic rings. The number of carbonyl (C=O) groups is 1. The van der Waals surface area contributed by atoms with E-state index in [0.29, 0.717) is 17.8 Å². The van der Waals surface area contributed by atoms with Gasteiger partial charge in [-0.25, -0.2) is 0 Å². The monoisotopic (exact) mass is 246 g/mol. The lowest BCUT2D eigenvalue weighted by molar-refractivity contribution is 0.0952. The molecule has 0 fully saturated rings. The summed E-state index contributed by atoms with van der Waals surface area (Å²) in [5.41, 5.74) is 9.00. The van der Waals surface area contributed by atoms with E-state index in [1.54, 1.807) is 17.4 Å². The third-order valence-corrected chi connectivity index (χ3v) is 3.33. The quantitative estimate of drug-likeness (QED) is 0.818. The van der Waals surface area contributed by atoms with Crippen LogP contribution in [0.1, 0.15) is 21.5 Å². The summed E-state index contributed by atoms with van der Waals surface area (Å²) in [4.78, 5) is 11.9. The number of nitrogens with two attached hydrogens (primary N) is 1. The summed E-state index contributed by atoms with van der Waals surface area (Å²) in [5.74, 6) is -0.127. The molecule has 0 saturated heterocycles. The number of hydrogen-bond acceptors (Lipinski definition) is 3. The van der Waals surface area contributed by atoms with Crippen molar-refractivity contribution in [2.24, 2.45) is 0 Å². The minimum atomic E-state index is -0.127. The Balaban J connectivity index is 2.07. The predicted molar refractivity (Wildman–Crippen MR) is 71.1 cm³/mol. The van der Waals surface area contributed by atoms with Gasteiger partial charge in [0.15, 0.2) is 0 Å². The van der Waals surface area contributed by atoms with Crippen LogP contribution in [-0.4, -0.2) is 5.91 Å². The number of rotatable bonds is 3. The fraction of sp³-hybridized carbons (Fsp3) is 0.154. The molecule has 88 valence electrons. The van der Waals surface area contributed by atoms with Gasteiger partial charge in [-0.2, -0.15) is 11.3 Å². The first-order chi connectivity index (χ1) is 8.18. The van der Waals surface area contributed by atoms with Crippen LogP contribution >= 0.6 is 11.3 Å². The van der Waals surface area contributed by atoms with Crippen LogP contribution in [0.5, 0.6) is 0 Å². The van der Waals surface area contributed by atoms with Crippen molar-refractivity contribution in [1.29, 1.82) is 0 Å². The number of aryl methyl sites for hydroxylation is 1. The number of nitrogens with one attached hydrogen (secondary N) is 1. The van der Waals surface area contributed by atoms with Gasteiger partial charge in [-0.1, -0.05) is 12.1 Å². The normalized spacial score (nSPS) is 10.2. The van der Waals surface area contributed by atoms with E-state index in [9.17, 15) is 4.79 Å². The number of anilines is 1. The molecule has 0 aliphatic rings. The Morgan fingerprint density at radius 1 is 1.41 bits per heavy atom. The third kappa shape index (κ3) is 2.65. The van der Waals surface area contributed by atoms with Gasteiger partial charge < -0.3 is 11.1 Å². The molecule has 0 bridgehead atoms. The molecule has 3 nitrogen and oxygen atoms in total. The molecule has 0 radical (unpaired) electrons. The van der Waals surface area contributed by atoms with Gasteiger partial charge in [0.1, 0.15) is 0 Å². The summed E-state index contributed by atoms with van der Waals surface area (Å²) in [7, 11) is 0. The Kier molecular flexibility index (Phi) is 3.44. The fourth-order valence-electron chi connectivity index (χ4n) is 1.55. The highest BCUT2D eigenvalue weighted by Gasteiger charge is 2.10. The Morgan fingerprint density at radius 3 is 2.94 bits per heavy atom. The lowest BCUT2D eigenvalue weighted by Gasteiger charge is -2.08. The molecule has 17 heavy (non-hydrogen) atoms. The lowest BCUT2D eigenvalue weighted by Crippen LogP contribution is -2.23. The number of nitrogen functional groups attached to an aromatic ring is 1. The van der Waals surface area contributed by atoms with Gasteiger partial charge in [0.05, 0.1) is 5.56 Å². The summed E-state index contributed by atoms with van der Waals surface area (Å²) in [6.45, 7) is 2.43. The number of thiophene rings is 1. The fourth-order valence-corrected chi connectivity index (χ4v) is 2.22. The molecule has 3 N–H and O–H groups in total. The van der Waals surface area contributed by atoms with Crippen molar-refractivity contribution >= 4 is 22.9 Å². The highest BCUT2D eigenvalue weighted by atomic mass is 32.1. The van der Waals surface area contributed by atoms with E-state index in [1.165, 1.54) is 0 Å². The maximum atomic E-state index is 11.9. The van der Waals surface area contributed by atoms with Crippen LogP contribution in [0.25, 0.3) is 0 Å². The van der Waals surface area contributed by atoms with Crippen molar-refractivity contribution in [3.05, 3.63) is 51.7 Å². The maximum absolute atomic E-state index is 11.9. The highest BCUT2D eigenvalue weighted by Crippen LogP contribution is 2.16. The summed E-state index contributed by atoms with van der Waals surface area (Å²) >= 11 is 1.62. The van der Waals surface area contributed by atoms with E-state index in [2.05, 4.69) is 5.32 Å². The molecular formula is C13H14N2OS. The summed E-state index contributed by atoms with van der Waals surface area (Å²) in [5, 5.41) is 6.86. The first-order valence-corrected chi connectivity index (χ1v) is 6.27. The molecule has 2 rings (SSSR count). The van der Waals surface area contributed by atoms with Gasteiger partial charge >= 0.3 is 0 Å². The number of amides is 1. The minimum Gasteiger partial charge on any atom is -0.398 e. The second-order valence-electron chi connectivity index (χ2n) is 3.85. The van der Waals surface area contributed by atoms with Crippen LogP contribution < -0.4 is 11.1 Å². The lowest BCUT2D eigenvalue weighted by atomic mass is 10.1. The van der Waals surface area contributed by atoms with Crippen molar-refractivity contribution in [2.75, 3.05) is 5.73 Å². The smallest absolute Gasteiger partial charge is 0.253 e. The number of para-hydroxylation sites is 1. The second-order valence-corrected chi connectivity index (χ2v) is 4.63. The molecule has 0 saturated carbocycles. The molecule has 1 heterocycles. The van der Waals surface area contributed by atoms with Gasteiger partial charge in [0.2, 0.25) is 0 Å². The first-order valence-electron chi connectivity index (χ1n) is 5.33. The van der Waals surface area contributed by atoms with Gasteiger partial charge in [-0.3, -0.25) is 4.79 Å². The number of hydrogen-bond donors (Lipinski definition) is 2. The Morgan fingerprint density at radius 2 is 2.24 bits per heavy atom. The van der Waals surface area contributed by atoms with Crippen molar-refractivity contribution in [3.63, 3.8) is 0 Å². The third-order valence-electron chi connectivity index (χ3n) is 2.60. The molecule has 0 unspecified atom stereocenters. The average Bonchev–Trinajstić information content (AvgIpc) is 2.82. The van der Waals surface area contributed by atoms with Crippen LogP contribution in [0.4, 0.5) is 5.69 Å². The Hall–Kier alpha value is -1.81. The van der Waals surface area contributed by atoms with Crippen molar-refractivity contribution in [2.45, 2.75) is 13.5 Å². The largest absolute Gasteiger partial charge is 0.398 e. The van der Waals surface area contributed by atoms with Gasteiger partial charge in [0, 0.05) is 12.2 Å². The number of carbonyl (C=O) groups excluding carboxylic acids is 1. The van der Waals surface area contributed by atoms with Crippen LogP contribution in [0.3, 0.4) is 0 Å². The van der Waals surface area contributed by atoms with Gasteiger partial charge in [0.25, 0.3) is 5.91 Å². The molecule has 0 atom stereocenters. The van der Waals surface area contributed by atoms with Crippen LogP contribution in [0, 0.1) is 6.92 Å².